The minimum Gasteiger partial charge on any atom is -0.102 e. The second-order valence-corrected chi connectivity index (χ2v) is 9.60. The number of hydrogen-bond donors (Lipinski definition) is 0. The molecule has 0 amide bonds. The van der Waals surface area contributed by atoms with Crippen molar-refractivity contribution in [1.82, 2.24) is 0 Å². The average Bonchev–Trinajstić information content (AvgIpc) is 2.82. The molecule has 0 saturated carbocycles. The first-order chi connectivity index (χ1) is 15.9. The molecular weight excluding hydrogens is 396 g/mol. The van der Waals surface area contributed by atoms with Gasteiger partial charge in [0.1, 0.15) is 0 Å². The molecule has 0 aliphatic heterocycles. The molecule has 0 aromatic carbocycles. The molecule has 1 radical (unpaired) electrons. The summed E-state index contributed by atoms with van der Waals surface area (Å²) in [6.45, 7) is 22.7. The molecule has 1 aliphatic carbocycles. The van der Waals surface area contributed by atoms with Crippen LogP contribution in [-0.2, 0) is 0 Å². The summed E-state index contributed by atoms with van der Waals surface area (Å²) >= 11 is 0. The molecule has 0 fully saturated rings. The lowest BCUT2D eigenvalue weighted by molar-refractivity contribution is 0.548. The number of allylic oxidation sites excluding steroid dienone is 11. The third-order valence-corrected chi connectivity index (χ3v) is 6.35. The molecule has 0 aromatic rings. The van der Waals surface area contributed by atoms with Crippen molar-refractivity contribution in [2.24, 2.45) is 11.8 Å². The van der Waals surface area contributed by atoms with Crippen molar-refractivity contribution in [2.75, 3.05) is 0 Å². The van der Waals surface area contributed by atoms with Crippen molar-refractivity contribution in [3.05, 3.63) is 91.0 Å². The van der Waals surface area contributed by atoms with Crippen LogP contribution >= 0.6 is 0 Å². The van der Waals surface area contributed by atoms with Crippen LogP contribution in [0.2, 0.25) is 0 Å². The van der Waals surface area contributed by atoms with E-state index in [1.165, 1.54) is 80.9 Å². The summed E-state index contributed by atoms with van der Waals surface area (Å²) in [5.41, 5.74) is 5.84. The van der Waals surface area contributed by atoms with Crippen LogP contribution < -0.4 is 0 Å². The van der Waals surface area contributed by atoms with Crippen LogP contribution in [0.3, 0.4) is 0 Å². The Morgan fingerprint density at radius 1 is 1.09 bits per heavy atom. The first kappa shape index (κ1) is 31.2. The maximum Gasteiger partial charge on any atom is 0.00474 e. The van der Waals surface area contributed by atoms with Crippen LogP contribution in [0.25, 0.3) is 0 Å². The SMILES string of the molecule is C=C(CCCC(C)C)CCC1=CC(CCC/C(=C\C)CC)CC=C1.C=C[CH]/C=C(\C=C)CC. The van der Waals surface area contributed by atoms with Crippen LogP contribution in [0.5, 0.6) is 0 Å². The highest BCUT2D eigenvalue weighted by Gasteiger charge is 2.10. The summed E-state index contributed by atoms with van der Waals surface area (Å²) in [4.78, 5) is 0. The molecular formula is C33H53. The third kappa shape index (κ3) is 17.3. The van der Waals surface area contributed by atoms with Crippen LogP contribution in [0, 0.1) is 18.3 Å². The highest BCUT2D eigenvalue weighted by Crippen LogP contribution is 2.27. The van der Waals surface area contributed by atoms with Crippen molar-refractivity contribution in [3.8, 4) is 0 Å². The van der Waals surface area contributed by atoms with Crippen molar-refractivity contribution in [2.45, 2.75) is 105 Å². The van der Waals surface area contributed by atoms with E-state index in [2.05, 4.69) is 78.7 Å². The summed E-state index contributed by atoms with van der Waals surface area (Å²) in [6.07, 6.45) is 30.7. The second-order valence-electron chi connectivity index (χ2n) is 9.60. The summed E-state index contributed by atoms with van der Waals surface area (Å²) in [6, 6.07) is 0. The lowest BCUT2D eigenvalue weighted by Crippen LogP contribution is -2.01. The van der Waals surface area contributed by atoms with Gasteiger partial charge in [-0.3, -0.25) is 0 Å². The first-order valence-electron chi connectivity index (χ1n) is 13.3. The van der Waals surface area contributed by atoms with Gasteiger partial charge >= 0.3 is 0 Å². The van der Waals surface area contributed by atoms with E-state index in [0.717, 1.165) is 18.3 Å². The van der Waals surface area contributed by atoms with E-state index in [9.17, 15) is 0 Å². The summed E-state index contributed by atoms with van der Waals surface area (Å²) < 4.78 is 0. The third-order valence-electron chi connectivity index (χ3n) is 6.35. The van der Waals surface area contributed by atoms with E-state index in [0.29, 0.717) is 0 Å². The Balaban J connectivity index is 0.000000960. The van der Waals surface area contributed by atoms with Gasteiger partial charge in [0, 0.05) is 6.42 Å². The quantitative estimate of drug-likeness (QED) is 0.162. The fourth-order valence-corrected chi connectivity index (χ4v) is 4.03. The largest absolute Gasteiger partial charge is 0.102 e. The zero-order valence-electron chi connectivity index (χ0n) is 22.7. The molecule has 0 N–H and O–H groups in total. The first-order valence-corrected chi connectivity index (χ1v) is 13.3. The summed E-state index contributed by atoms with van der Waals surface area (Å²) in [5.74, 6) is 1.58. The van der Waals surface area contributed by atoms with Gasteiger partial charge in [0.15, 0.2) is 0 Å². The van der Waals surface area contributed by atoms with Gasteiger partial charge in [-0.2, -0.15) is 0 Å². The molecule has 0 nitrogen and oxygen atoms in total. The summed E-state index contributed by atoms with van der Waals surface area (Å²) in [7, 11) is 0. The lowest BCUT2D eigenvalue weighted by Gasteiger charge is -2.17. The Hall–Kier alpha value is -1.82. The summed E-state index contributed by atoms with van der Waals surface area (Å²) in [5, 5.41) is 0. The predicted molar refractivity (Wildman–Crippen MR) is 153 cm³/mol. The van der Waals surface area contributed by atoms with Crippen molar-refractivity contribution >= 4 is 0 Å². The Morgan fingerprint density at radius 3 is 2.42 bits per heavy atom. The molecule has 1 rings (SSSR count). The van der Waals surface area contributed by atoms with Gasteiger partial charge in [-0.1, -0.05) is 112 Å². The monoisotopic (exact) mass is 449 g/mol. The number of hydrogen-bond acceptors (Lipinski definition) is 0. The van der Waals surface area contributed by atoms with Gasteiger partial charge < -0.3 is 0 Å². The van der Waals surface area contributed by atoms with E-state index in [1.54, 1.807) is 11.6 Å². The molecule has 0 spiro atoms. The van der Waals surface area contributed by atoms with Gasteiger partial charge in [-0.15, -0.1) is 6.58 Å². The normalized spacial score (nSPS) is 16.2. The minimum absolute atomic E-state index is 0.758. The fourth-order valence-electron chi connectivity index (χ4n) is 4.03. The average molecular weight is 450 g/mol. The van der Waals surface area contributed by atoms with Crippen LogP contribution in [0.15, 0.2) is 84.6 Å². The highest BCUT2D eigenvalue weighted by molar-refractivity contribution is 5.25. The maximum absolute atomic E-state index is 4.29. The van der Waals surface area contributed by atoms with Gasteiger partial charge in [-0.05, 0) is 83.0 Å². The molecule has 0 aromatic heterocycles. The molecule has 1 atom stereocenters. The Bertz CT molecular complexity index is 662. The molecule has 1 aliphatic rings. The van der Waals surface area contributed by atoms with Crippen molar-refractivity contribution in [3.63, 3.8) is 0 Å². The zero-order valence-corrected chi connectivity index (χ0v) is 22.7. The van der Waals surface area contributed by atoms with Gasteiger partial charge in [0.25, 0.3) is 0 Å². The molecule has 0 saturated heterocycles. The molecule has 0 heteroatoms. The Morgan fingerprint density at radius 2 is 1.85 bits per heavy atom. The van der Waals surface area contributed by atoms with Gasteiger partial charge in [0.05, 0.1) is 0 Å². The fraction of sp³-hybridized carbons (Fsp3) is 0.545. The molecule has 0 heterocycles. The van der Waals surface area contributed by atoms with Gasteiger partial charge in [-0.25, -0.2) is 0 Å². The number of rotatable bonds is 16. The Labute approximate surface area is 208 Å². The van der Waals surface area contributed by atoms with Crippen LogP contribution in [0.1, 0.15) is 105 Å². The molecule has 0 bridgehead atoms. The molecule has 33 heavy (non-hydrogen) atoms. The predicted octanol–water partition coefficient (Wildman–Crippen LogP) is 11.1. The maximum atomic E-state index is 4.29. The molecule has 185 valence electrons. The topological polar surface area (TPSA) is 0 Å². The van der Waals surface area contributed by atoms with E-state index in [1.807, 2.05) is 18.6 Å². The van der Waals surface area contributed by atoms with Gasteiger partial charge in [0.2, 0.25) is 0 Å². The van der Waals surface area contributed by atoms with E-state index in [4.69, 9.17) is 0 Å². The van der Waals surface area contributed by atoms with Crippen LogP contribution in [-0.4, -0.2) is 0 Å². The lowest BCUT2D eigenvalue weighted by atomic mass is 9.88. The Kier molecular flexibility index (Phi) is 19.6. The van der Waals surface area contributed by atoms with E-state index < -0.39 is 0 Å². The molecule has 1 unspecified atom stereocenters. The second kappa shape index (κ2) is 20.8. The van der Waals surface area contributed by atoms with Crippen molar-refractivity contribution in [1.29, 1.82) is 0 Å². The smallest absolute Gasteiger partial charge is 0.00474 e. The van der Waals surface area contributed by atoms with Crippen molar-refractivity contribution < 1.29 is 0 Å². The van der Waals surface area contributed by atoms with E-state index in [-0.39, 0.29) is 0 Å². The standard InChI is InChI=1S/C24H40.C9H13/c1-6-22(7-2)13-9-14-23-15-10-16-24(19-23)18-17-21(5)12-8-11-20(3)4;1-4-7-8-9(5-2)6-3/h6,10,16,19-20,23H,5,7-9,11-15,17-18H2,1-4H3;4-5,7-8H,1-2,6H2,3H3/b22-6-;9-8+. The highest BCUT2D eigenvalue weighted by atomic mass is 14.2. The van der Waals surface area contributed by atoms with E-state index >= 15 is 0 Å². The zero-order chi connectivity index (χ0) is 24.9. The van der Waals surface area contributed by atoms with Crippen LogP contribution in [0.4, 0.5) is 0 Å². The minimum atomic E-state index is 0.758.